The van der Waals surface area contributed by atoms with Crippen molar-refractivity contribution in [2.75, 3.05) is 53.8 Å². The molecule has 1 amide bonds. The van der Waals surface area contributed by atoms with Crippen molar-refractivity contribution in [1.82, 2.24) is 9.99 Å². The number of nitrogens with one attached hydrogen (secondary N) is 1. The predicted molar refractivity (Wildman–Crippen MR) is 247 cm³/mol. The number of hydrogen-bond donors (Lipinski definition) is 1. The second kappa shape index (κ2) is 23.0. The Morgan fingerprint density at radius 3 is 1.74 bits per heavy atom. The molecule has 2 atom stereocenters. The summed E-state index contributed by atoms with van der Waals surface area (Å²) >= 11 is 0. The molecule has 0 aliphatic heterocycles. The Balaban J connectivity index is 1.19. The summed E-state index contributed by atoms with van der Waals surface area (Å²) < 4.78 is 46.2. The van der Waals surface area contributed by atoms with Gasteiger partial charge in [0.25, 0.3) is 8.53 Å². The van der Waals surface area contributed by atoms with Gasteiger partial charge in [-0.15, -0.1) is 0 Å². The van der Waals surface area contributed by atoms with E-state index in [9.17, 15) is 4.79 Å². The molecular weight excluding hydrogens is 800 g/mol. The summed E-state index contributed by atoms with van der Waals surface area (Å²) in [6.45, 7) is 12.7. The summed E-state index contributed by atoms with van der Waals surface area (Å²) in [4.78, 5) is 13.0. The zero-order chi connectivity index (χ0) is 43.9. The van der Waals surface area contributed by atoms with E-state index in [2.05, 4.69) is 81.0 Å². The highest BCUT2D eigenvalue weighted by molar-refractivity contribution is 7.44. The number of benzene rings is 5. The number of methoxy groups -OCH3 is 2. The van der Waals surface area contributed by atoms with Crippen LogP contribution in [0.25, 0.3) is 11.1 Å². The first kappa shape index (κ1) is 46.7. The molecule has 330 valence electrons. The van der Waals surface area contributed by atoms with E-state index in [0.29, 0.717) is 26.2 Å². The predicted octanol–water partition coefficient (Wildman–Crippen LogP) is 11.1. The Morgan fingerprint density at radius 2 is 1.21 bits per heavy atom. The summed E-state index contributed by atoms with van der Waals surface area (Å²) in [6.07, 6.45) is 0.463. The van der Waals surface area contributed by atoms with Gasteiger partial charge in [-0.2, -0.15) is 0 Å². The molecule has 10 nitrogen and oxygen atoms in total. The molecule has 0 aromatic heterocycles. The van der Waals surface area contributed by atoms with Gasteiger partial charge in [-0.3, -0.25) is 0 Å². The number of nitrogens with zero attached hydrogens (tertiary/aromatic N) is 1. The van der Waals surface area contributed by atoms with Crippen molar-refractivity contribution >= 4 is 14.6 Å². The quantitative estimate of drug-likeness (QED) is 0.0369. The van der Waals surface area contributed by atoms with E-state index in [0.717, 1.165) is 34.6 Å². The van der Waals surface area contributed by atoms with Crippen LogP contribution in [-0.2, 0) is 28.9 Å². The first-order valence-electron chi connectivity index (χ1n) is 21.7. The van der Waals surface area contributed by atoms with E-state index < -0.39 is 26.3 Å². The highest BCUT2D eigenvalue weighted by atomic mass is 31.2. The first-order chi connectivity index (χ1) is 30.2. The van der Waals surface area contributed by atoms with Crippen LogP contribution in [0.2, 0.25) is 0 Å². The molecule has 0 fully saturated rings. The fraction of sp³-hybridized carbons (Fsp3) is 0.392. The van der Waals surface area contributed by atoms with E-state index in [1.165, 1.54) is 22.3 Å². The minimum atomic E-state index is -1.40. The normalized spacial score (nSPS) is 13.5. The molecule has 0 bridgehead atoms. The molecular formula is C51H63N2O8P. The average molecular weight is 863 g/mol. The molecule has 11 heteroatoms. The lowest BCUT2D eigenvalue weighted by atomic mass is 9.80. The molecule has 1 aliphatic carbocycles. The standard InChI is InChI=1S/C51H63N2O8P/c1-8-32-60-62(53(37(2)3)38(4)5)61-35-44(57-33-16-31-52-50(54)58-36-49-47-21-14-12-19-45(47)46-20-13-15-22-48(46)49)34-59-51(39-17-10-9-11-18-39,40-23-27-42(55-6)28-24-40)41-25-29-43(56-7)30-26-41/h9-15,17-30,37-38,44,49H,8,16,31-36H2,1-7H3,(H,52,54). The molecule has 0 spiro atoms. The van der Waals surface area contributed by atoms with Crippen LogP contribution in [0.3, 0.4) is 0 Å². The van der Waals surface area contributed by atoms with Crippen LogP contribution in [0.15, 0.2) is 127 Å². The summed E-state index contributed by atoms with van der Waals surface area (Å²) in [7, 11) is 1.92. The highest BCUT2D eigenvalue weighted by Gasteiger charge is 2.39. The average Bonchev–Trinajstić information content (AvgIpc) is 3.62. The maximum atomic E-state index is 13.0. The van der Waals surface area contributed by atoms with Crippen LogP contribution < -0.4 is 14.8 Å². The summed E-state index contributed by atoms with van der Waals surface area (Å²) in [5.74, 6) is 1.48. The Bertz CT molecular complexity index is 2010. The monoisotopic (exact) mass is 862 g/mol. The number of carbonyl (C=O) groups excluding carboxylic acids is 1. The van der Waals surface area contributed by atoms with Gasteiger partial charge in [0.2, 0.25) is 0 Å². The zero-order valence-corrected chi connectivity index (χ0v) is 38.1. The van der Waals surface area contributed by atoms with Crippen LogP contribution in [0.4, 0.5) is 4.79 Å². The van der Waals surface area contributed by atoms with Gasteiger partial charge in [0.1, 0.15) is 29.8 Å². The van der Waals surface area contributed by atoms with E-state index in [1.54, 1.807) is 14.2 Å². The van der Waals surface area contributed by atoms with Gasteiger partial charge in [-0.25, -0.2) is 9.46 Å². The fourth-order valence-electron chi connectivity index (χ4n) is 8.06. The van der Waals surface area contributed by atoms with Crippen LogP contribution in [0, 0.1) is 0 Å². The molecule has 6 rings (SSSR count). The van der Waals surface area contributed by atoms with Crippen molar-refractivity contribution in [2.45, 2.75) is 77.2 Å². The number of rotatable bonds is 24. The molecule has 5 aromatic carbocycles. The molecule has 62 heavy (non-hydrogen) atoms. The lowest BCUT2D eigenvalue weighted by molar-refractivity contribution is -0.0790. The van der Waals surface area contributed by atoms with Crippen molar-refractivity contribution in [3.63, 3.8) is 0 Å². The summed E-state index contributed by atoms with van der Waals surface area (Å²) in [5.41, 5.74) is 6.47. The number of alkyl carbamates (subject to hydrolysis) is 1. The summed E-state index contributed by atoms with van der Waals surface area (Å²) in [5, 5.41) is 2.93. The SMILES string of the molecule is CCCOP(OCC(COC(c1ccccc1)(c1ccc(OC)cc1)c1ccc(OC)cc1)OCCCNC(=O)OCC1c2ccccc2-c2ccccc21)N(C(C)C)C(C)C. The van der Waals surface area contributed by atoms with Crippen molar-refractivity contribution in [1.29, 1.82) is 0 Å². The van der Waals surface area contributed by atoms with Gasteiger partial charge in [0.15, 0.2) is 0 Å². The van der Waals surface area contributed by atoms with E-state index in [1.807, 2.05) is 91.0 Å². The van der Waals surface area contributed by atoms with Crippen LogP contribution in [0.1, 0.15) is 81.2 Å². The van der Waals surface area contributed by atoms with Gasteiger partial charge in [0, 0.05) is 31.2 Å². The third-order valence-corrected chi connectivity index (χ3v) is 13.0. The van der Waals surface area contributed by atoms with Gasteiger partial charge in [0.05, 0.1) is 34.0 Å². The topological polar surface area (TPSA) is 97.0 Å². The van der Waals surface area contributed by atoms with Crippen LogP contribution in [0.5, 0.6) is 11.5 Å². The Morgan fingerprint density at radius 1 is 0.677 bits per heavy atom. The second-order valence-corrected chi connectivity index (χ2v) is 17.3. The van der Waals surface area contributed by atoms with Gasteiger partial charge < -0.3 is 38.0 Å². The Labute approximate surface area is 369 Å². The smallest absolute Gasteiger partial charge is 0.407 e. The maximum Gasteiger partial charge on any atom is 0.407 e. The molecule has 2 unspecified atom stereocenters. The molecule has 5 aromatic rings. The molecule has 0 saturated heterocycles. The molecule has 0 heterocycles. The fourth-order valence-corrected chi connectivity index (χ4v) is 9.79. The molecule has 0 saturated carbocycles. The Hall–Kier alpha value is -4.80. The number of carbonyl (C=O) groups is 1. The maximum absolute atomic E-state index is 13.0. The molecule has 0 radical (unpaired) electrons. The number of hydrogen-bond acceptors (Lipinski definition) is 9. The van der Waals surface area contributed by atoms with E-state index >= 15 is 0 Å². The highest BCUT2D eigenvalue weighted by Crippen LogP contribution is 2.47. The van der Waals surface area contributed by atoms with E-state index in [4.69, 9.17) is 32.7 Å². The van der Waals surface area contributed by atoms with Gasteiger partial charge in [-0.1, -0.05) is 110 Å². The van der Waals surface area contributed by atoms with Gasteiger partial charge in [-0.05, 0) is 104 Å². The zero-order valence-electron chi connectivity index (χ0n) is 37.3. The van der Waals surface area contributed by atoms with E-state index in [-0.39, 0.29) is 37.8 Å². The largest absolute Gasteiger partial charge is 0.497 e. The van der Waals surface area contributed by atoms with Crippen molar-refractivity contribution in [2.24, 2.45) is 0 Å². The molecule has 1 aliphatic rings. The number of fused-ring (bicyclic) bond motifs is 3. The van der Waals surface area contributed by atoms with Crippen LogP contribution in [-0.4, -0.2) is 82.8 Å². The molecule has 1 N–H and O–H groups in total. The third-order valence-electron chi connectivity index (χ3n) is 11.0. The lowest BCUT2D eigenvalue weighted by Gasteiger charge is -2.38. The van der Waals surface area contributed by atoms with Gasteiger partial charge >= 0.3 is 6.09 Å². The third kappa shape index (κ3) is 11.4. The number of amides is 1. The second-order valence-electron chi connectivity index (χ2n) is 15.8. The van der Waals surface area contributed by atoms with Crippen molar-refractivity contribution < 1.29 is 37.5 Å². The summed E-state index contributed by atoms with van der Waals surface area (Å²) in [6, 6.07) is 43.2. The minimum absolute atomic E-state index is 0.00909. The number of ether oxygens (including phenoxy) is 5. The lowest BCUT2D eigenvalue weighted by Crippen LogP contribution is -2.38. The Kier molecular flexibility index (Phi) is 17.4. The van der Waals surface area contributed by atoms with Crippen LogP contribution >= 0.6 is 8.53 Å². The first-order valence-corrected chi connectivity index (χ1v) is 22.9. The minimum Gasteiger partial charge on any atom is -0.497 e. The van der Waals surface area contributed by atoms with Crippen molar-refractivity contribution in [3.8, 4) is 22.6 Å². The van der Waals surface area contributed by atoms with Crippen molar-refractivity contribution in [3.05, 3.63) is 155 Å².